The lowest BCUT2D eigenvalue weighted by Gasteiger charge is -2.06. The van der Waals surface area contributed by atoms with Crippen molar-refractivity contribution in [2.45, 2.75) is 6.92 Å². The molecule has 0 N–H and O–H groups in total. The summed E-state index contributed by atoms with van der Waals surface area (Å²) in [5.74, 6) is 0.554. The van der Waals surface area contributed by atoms with Gasteiger partial charge in [-0.1, -0.05) is 13.5 Å². The molecule has 0 amide bonds. The van der Waals surface area contributed by atoms with Crippen molar-refractivity contribution >= 4 is 0 Å². The molecule has 0 aromatic carbocycles. The van der Waals surface area contributed by atoms with Gasteiger partial charge in [0.15, 0.2) is 0 Å². The Balaban J connectivity index is 2.28. The first-order valence-corrected chi connectivity index (χ1v) is 4.34. The number of hydrogen-bond acceptors (Lipinski definition) is 2. The summed E-state index contributed by atoms with van der Waals surface area (Å²) in [6.45, 7) is 9.24. The van der Waals surface area contributed by atoms with Gasteiger partial charge < -0.3 is 9.47 Å². The summed E-state index contributed by atoms with van der Waals surface area (Å²) in [7, 11) is 0. The summed E-state index contributed by atoms with van der Waals surface area (Å²) in [5, 5.41) is 0. The maximum atomic E-state index is 5.38. The Bertz CT molecular complexity index is 240. The van der Waals surface area contributed by atoms with Crippen LogP contribution in [0.25, 0.3) is 0 Å². The molecule has 1 atom stereocenters. The van der Waals surface area contributed by atoms with Gasteiger partial charge in [-0.25, -0.2) is 0 Å². The van der Waals surface area contributed by atoms with Gasteiger partial charge in [0.05, 0.1) is 26.4 Å². The van der Waals surface area contributed by atoms with E-state index >= 15 is 0 Å². The molecule has 2 aliphatic rings. The van der Waals surface area contributed by atoms with Gasteiger partial charge >= 0.3 is 0 Å². The van der Waals surface area contributed by atoms with Crippen LogP contribution >= 0.6 is 0 Å². The minimum atomic E-state index is 0.554. The van der Waals surface area contributed by atoms with Crippen molar-refractivity contribution in [3.8, 4) is 0 Å². The fourth-order valence-electron chi connectivity index (χ4n) is 1.76. The predicted molar refractivity (Wildman–Crippen MR) is 47.0 cm³/mol. The standard InChI is InChI=1S/C10H14O2/c1-7-3-11-5-9(7)10-6-12-4-8(10)2/h8H,1,3-6H2,2H3/b10-9-/t8-/m1/s1. The molecule has 66 valence electrons. The molecule has 2 heteroatoms. The van der Waals surface area contributed by atoms with Crippen LogP contribution in [0.3, 0.4) is 0 Å². The molecule has 2 saturated heterocycles. The maximum Gasteiger partial charge on any atom is 0.0725 e. The van der Waals surface area contributed by atoms with E-state index in [4.69, 9.17) is 9.47 Å². The fourth-order valence-corrected chi connectivity index (χ4v) is 1.76. The van der Waals surface area contributed by atoms with Crippen LogP contribution in [-0.2, 0) is 9.47 Å². The largest absolute Gasteiger partial charge is 0.376 e. The van der Waals surface area contributed by atoms with Crippen LogP contribution < -0.4 is 0 Å². The fraction of sp³-hybridized carbons (Fsp3) is 0.600. The second-order valence-electron chi connectivity index (χ2n) is 3.52. The Morgan fingerprint density at radius 1 is 1.25 bits per heavy atom. The van der Waals surface area contributed by atoms with E-state index in [0.717, 1.165) is 25.4 Å². The molecule has 2 heterocycles. The van der Waals surface area contributed by atoms with E-state index in [0.29, 0.717) is 12.5 Å². The van der Waals surface area contributed by atoms with Crippen molar-refractivity contribution < 1.29 is 9.47 Å². The predicted octanol–water partition coefficient (Wildman–Crippen LogP) is 1.54. The Labute approximate surface area is 72.9 Å². The summed E-state index contributed by atoms with van der Waals surface area (Å²) in [6.07, 6.45) is 0. The van der Waals surface area contributed by atoms with Crippen LogP contribution in [0.2, 0.25) is 0 Å². The highest BCUT2D eigenvalue weighted by atomic mass is 16.5. The zero-order chi connectivity index (χ0) is 8.55. The average Bonchev–Trinajstić information content (AvgIpc) is 2.59. The van der Waals surface area contributed by atoms with Gasteiger partial charge in [-0.2, -0.15) is 0 Å². The van der Waals surface area contributed by atoms with E-state index in [1.54, 1.807) is 0 Å². The first-order valence-electron chi connectivity index (χ1n) is 4.34. The summed E-state index contributed by atoms with van der Waals surface area (Å²) in [5.41, 5.74) is 3.85. The highest BCUT2D eigenvalue weighted by molar-refractivity contribution is 5.39. The van der Waals surface area contributed by atoms with E-state index in [-0.39, 0.29) is 0 Å². The second-order valence-corrected chi connectivity index (χ2v) is 3.52. The summed E-state index contributed by atoms with van der Waals surface area (Å²) >= 11 is 0. The lowest BCUT2D eigenvalue weighted by atomic mass is 9.96. The van der Waals surface area contributed by atoms with Crippen LogP contribution in [0.15, 0.2) is 23.3 Å². The first kappa shape index (κ1) is 8.02. The molecular weight excluding hydrogens is 152 g/mol. The first-order chi connectivity index (χ1) is 5.79. The van der Waals surface area contributed by atoms with Gasteiger partial charge in [0.2, 0.25) is 0 Å². The SMILES string of the molecule is C=C1COC/C1=C1\COC[C@H]1C. The van der Waals surface area contributed by atoms with Crippen molar-refractivity contribution in [1.82, 2.24) is 0 Å². The van der Waals surface area contributed by atoms with Crippen LogP contribution in [-0.4, -0.2) is 26.4 Å². The third-order valence-electron chi connectivity index (χ3n) is 2.56. The molecule has 0 aromatic heterocycles. The van der Waals surface area contributed by atoms with Crippen LogP contribution in [0.4, 0.5) is 0 Å². The van der Waals surface area contributed by atoms with Crippen molar-refractivity contribution in [2.75, 3.05) is 26.4 Å². The molecule has 0 aliphatic carbocycles. The molecule has 2 aliphatic heterocycles. The highest BCUT2D eigenvalue weighted by Crippen LogP contribution is 2.29. The normalized spacial score (nSPS) is 36.4. The van der Waals surface area contributed by atoms with Gasteiger partial charge in [-0.3, -0.25) is 0 Å². The molecule has 0 saturated carbocycles. The second kappa shape index (κ2) is 3.04. The minimum Gasteiger partial charge on any atom is -0.376 e. The lowest BCUT2D eigenvalue weighted by Crippen LogP contribution is -2.01. The van der Waals surface area contributed by atoms with E-state index in [1.165, 1.54) is 11.1 Å². The molecule has 0 bridgehead atoms. The number of rotatable bonds is 0. The van der Waals surface area contributed by atoms with Crippen LogP contribution in [0, 0.1) is 5.92 Å². The highest BCUT2D eigenvalue weighted by Gasteiger charge is 2.24. The summed E-state index contributed by atoms with van der Waals surface area (Å²) in [6, 6.07) is 0. The molecule has 0 radical (unpaired) electrons. The van der Waals surface area contributed by atoms with Crippen molar-refractivity contribution in [3.63, 3.8) is 0 Å². The van der Waals surface area contributed by atoms with Gasteiger partial charge in [-0.05, 0) is 16.7 Å². The Morgan fingerprint density at radius 3 is 2.58 bits per heavy atom. The lowest BCUT2D eigenvalue weighted by molar-refractivity contribution is 0.191. The third kappa shape index (κ3) is 1.21. The number of hydrogen-bond donors (Lipinski definition) is 0. The zero-order valence-corrected chi connectivity index (χ0v) is 7.43. The molecular formula is C10H14O2. The van der Waals surface area contributed by atoms with Crippen molar-refractivity contribution in [3.05, 3.63) is 23.3 Å². The quantitative estimate of drug-likeness (QED) is 0.543. The van der Waals surface area contributed by atoms with Crippen LogP contribution in [0.1, 0.15) is 6.92 Å². The molecule has 12 heavy (non-hydrogen) atoms. The summed E-state index contributed by atoms with van der Waals surface area (Å²) < 4.78 is 10.7. The Hall–Kier alpha value is -0.600. The molecule has 2 nitrogen and oxygen atoms in total. The smallest absolute Gasteiger partial charge is 0.0725 e. The topological polar surface area (TPSA) is 18.5 Å². The van der Waals surface area contributed by atoms with Crippen molar-refractivity contribution in [2.24, 2.45) is 5.92 Å². The van der Waals surface area contributed by atoms with E-state index in [2.05, 4.69) is 13.5 Å². The molecule has 2 fully saturated rings. The van der Waals surface area contributed by atoms with Crippen LogP contribution in [0.5, 0.6) is 0 Å². The van der Waals surface area contributed by atoms with Gasteiger partial charge in [-0.15, -0.1) is 0 Å². The van der Waals surface area contributed by atoms with Gasteiger partial charge in [0.25, 0.3) is 0 Å². The Morgan fingerprint density at radius 2 is 2.08 bits per heavy atom. The molecule has 0 spiro atoms. The van der Waals surface area contributed by atoms with E-state index < -0.39 is 0 Å². The third-order valence-corrected chi connectivity index (χ3v) is 2.56. The Kier molecular flexibility index (Phi) is 2.03. The maximum absolute atomic E-state index is 5.38. The summed E-state index contributed by atoms with van der Waals surface area (Å²) in [4.78, 5) is 0. The van der Waals surface area contributed by atoms with Gasteiger partial charge in [0, 0.05) is 5.92 Å². The van der Waals surface area contributed by atoms with Crippen molar-refractivity contribution in [1.29, 1.82) is 0 Å². The average molecular weight is 166 g/mol. The molecule has 0 aromatic rings. The zero-order valence-electron chi connectivity index (χ0n) is 7.43. The molecule has 0 unspecified atom stereocenters. The minimum absolute atomic E-state index is 0.554. The molecule has 2 rings (SSSR count). The number of ether oxygens (including phenoxy) is 2. The monoisotopic (exact) mass is 166 g/mol. The van der Waals surface area contributed by atoms with E-state index in [1.807, 2.05) is 0 Å². The van der Waals surface area contributed by atoms with Gasteiger partial charge in [0.1, 0.15) is 0 Å². The van der Waals surface area contributed by atoms with E-state index in [9.17, 15) is 0 Å².